The first-order valence-corrected chi connectivity index (χ1v) is 2.68. The molecule has 0 saturated carbocycles. The fourth-order valence-electron chi connectivity index (χ4n) is 0.483. The lowest BCUT2D eigenvalue weighted by Gasteiger charge is -2.07. The fourth-order valence-corrected chi connectivity index (χ4v) is 0.483. The van der Waals surface area contributed by atoms with Crippen LogP contribution < -0.4 is 11.5 Å². The number of methoxy groups -OCH3 is 1. The molecule has 1 atom stereocenters. The summed E-state index contributed by atoms with van der Waals surface area (Å²) in [5.41, 5.74) is 9.60. The average molecular weight is 146 g/mol. The predicted octanol–water partition coefficient (Wildman–Crippen LogP) is -1.64. The smallest absolute Gasteiger partial charge is 0.247 e. The standard InChI is InChI=1S/C5H10N2O3/c1-10-3(5(7)9)2-4(6)8/h3H,2H2,1H3,(H2,6,8)(H2,7,9). The van der Waals surface area contributed by atoms with Gasteiger partial charge in [0.2, 0.25) is 11.8 Å². The van der Waals surface area contributed by atoms with Gasteiger partial charge in [-0.2, -0.15) is 0 Å². The normalized spacial score (nSPS) is 12.5. The highest BCUT2D eigenvalue weighted by Gasteiger charge is 2.15. The minimum absolute atomic E-state index is 0.161. The monoisotopic (exact) mass is 146 g/mol. The van der Waals surface area contributed by atoms with E-state index in [1.165, 1.54) is 7.11 Å². The zero-order valence-electron chi connectivity index (χ0n) is 5.66. The maximum absolute atomic E-state index is 10.4. The molecule has 10 heavy (non-hydrogen) atoms. The van der Waals surface area contributed by atoms with E-state index < -0.39 is 17.9 Å². The minimum atomic E-state index is -0.891. The zero-order chi connectivity index (χ0) is 8.15. The molecule has 0 saturated heterocycles. The molecule has 0 rings (SSSR count). The summed E-state index contributed by atoms with van der Waals surface area (Å²) in [5, 5.41) is 0. The van der Waals surface area contributed by atoms with Gasteiger partial charge in [0.1, 0.15) is 6.10 Å². The summed E-state index contributed by atoms with van der Waals surface area (Å²) in [6, 6.07) is 0. The maximum atomic E-state index is 10.4. The summed E-state index contributed by atoms with van der Waals surface area (Å²) >= 11 is 0. The highest BCUT2D eigenvalue weighted by molar-refractivity contribution is 5.85. The lowest BCUT2D eigenvalue weighted by Crippen LogP contribution is -2.34. The van der Waals surface area contributed by atoms with Crippen molar-refractivity contribution in [3.05, 3.63) is 0 Å². The molecule has 0 radical (unpaired) electrons. The molecule has 0 spiro atoms. The van der Waals surface area contributed by atoms with Gasteiger partial charge in [-0.15, -0.1) is 0 Å². The Hall–Kier alpha value is -1.10. The summed E-state index contributed by atoms with van der Waals surface area (Å²) in [4.78, 5) is 20.6. The summed E-state index contributed by atoms with van der Waals surface area (Å²) < 4.78 is 4.55. The highest BCUT2D eigenvalue weighted by Crippen LogP contribution is 1.93. The van der Waals surface area contributed by atoms with E-state index in [0.717, 1.165) is 0 Å². The van der Waals surface area contributed by atoms with Crippen LogP contribution in [0.3, 0.4) is 0 Å². The fraction of sp³-hybridized carbons (Fsp3) is 0.600. The summed E-state index contributed by atoms with van der Waals surface area (Å²) in [6.07, 6.45) is -1.05. The maximum Gasteiger partial charge on any atom is 0.247 e. The quantitative estimate of drug-likeness (QED) is 0.498. The first-order valence-electron chi connectivity index (χ1n) is 2.68. The molecule has 5 nitrogen and oxygen atoms in total. The van der Waals surface area contributed by atoms with Crippen LogP contribution in [-0.2, 0) is 14.3 Å². The van der Waals surface area contributed by atoms with E-state index in [1.54, 1.807) is 0 Å². The number of primary amides is 2. The van der Waals surface area contributed by atoms with Crippen molar-refractivity contribution in [1.29, 1.82) is 0 Å². The van der Waals surface area contributed by atoms with Crippen LogP contribution in [0.1, 0.15) is 6.42 Å². The van der Waals surface area contributed by atoms with Crippen LogP contribution in [0.4, 0.5) is 0 Å². The largest absolute Gasteiger partial charge is 0.371 e. The van der Waals surface area contributed by atoms with Gasteiger partial charge in [0.15, 0.2) is 0 Å². The van der Waals surface area contributed by atoms with Gasteiger partial charge in [-0.25, -0.2) is 0 Å². The molecular formula is C5H10N2O3. The van der Waals surface area contributed by atoms with E-state index in [9.17, 15) is 9.59 Å². The predicted molar refractivity (Wildman–Crippen MR) is 33.8 cm³/mol. The molecule has 0 bridgehead atoms. The molecule has 5 heteroatoms. The Morgan fingerprint density at radius 3 is 2.10 bits per heavy atom. The number of carbonyl (C=O) groups excluding carboxylic acids is 2. The van der Waals surface area contributed by atoms with Crippen molar-refractivity contribution in [2.24, 2.45) is 11.5 Å². The van der Waals surface area contributed by atoms with E-state index in [-0.39, 0.29) is 6.42 Å². The summed E-state index contributed by atoms with van der Waals surface area (Å²) in [5.74, 6) is -1.29. The lowest BCUT2D eigenvalue weighted by molar-refractivity contribution is -0.132. The first kappa shape index (κ1) is 8.90. The number of rotatable bonds is 4. The summed E-state index contributed by atoms with van der Waals surface area (Å²) in [6.45, 7) is 0. The molecule has 0 aliphatic carbocycles. The van der Waals surface area contributed by atoms with Gasteiger partial charge in [-0.1, -0.05) is 0 Å². The molecule has 58 valence electrons. The van der Waals surface area contributed by atoms with Gasteiger partial charge in [-0.05, 0) is 0 Å². The molecule has 0 aromatic rings. The lowest BCUT2D eigenvalue weighted by atomic mass is 10.2. The number of hydrogen-bond acceptors (Lipinski definition) is 3. The van der Waals surface area contributed by atoms with Gasteiger partial charge in [0, 0.05) is 7.11 Å². The number of nitrogens with two attached hydrogens (primary N) is 2. The topological polar surface area (TPSA) is 95.4 Å². The molecule has 1 unspecified atom stereocenters. The second-order valence-electron chi connectivity index (χ2n) is 1.80. The van der Waals surface area contributed by atoms with Crippen molar-refractivity contribution in [3.63, 3.8) is 0 Å². The Balaban J connectivity index is 3.83. The van der Waals surface area contributed by atoms with E-state index in [1.807, 2.05) is 0 Å². The van der Waals surface area contributed by atoms with Crippen molar-refractivity contribution >= 4 is 11.8 Å². The molecule has 0 aromatic carbocycles. The van der Waals surface area contributed by atoms with Gasteiger partial charge < -0.3 is 16.2 Å². The molecule has 0 aliphatic rings. The van der Waals surface area contributed by atoms with Crippen LogP contribution in [-0.4, -0.2) is 25.0 Å². The van der Waals surface area contributed by atoms with Crippen molar-refractivity contribution in [2.45, 2.75) is 12.5 Å². The number of amides is 2. The third kappa shape index (κ3) is 3.03. The second-order valence-corrected chi connectivity index (χ2v) is 1.80. The van der Waals surface area contributed by atoms with Crippen molar-refractivity contribution in [2.75, 3.05) is 7.11 Å². The van der Waals surface area contributed by atoms with E-state index in [2.05, 4.69) is 4.74 Å². The molecule has 0 aliphatic heterocycles. The van der Waals surface area contributed by atoms with Crippen LogP contribution >= 0.6 is 0 Å². The number of hydrogen-bond donors (Lipinski definition) is 2. The van der Waals surface area contributed by atoms with E-state index >= 15 is 0 Å². The number of carbonyl (C=O) groups is 2. The van der Waals surface area contributed by atoms with Crippen molar-refractivity contribution < 1.29 is 14.3 Å². The molecular weight excluding hydrogens is 136 g/mol. The average Bonchev–Trinajstić information content (AvgIpc) is 1.81. The minimum Gasteiger partial charge on any atom is -0.371 e. The second kappa shape index (κ2) is 3.84. The molecule has 0 fully saturated rings. The Morgan fingerprint density at radius 1 is 1.50 bits per heavy atom. The Labute approximate surface area is 58.3 Å². The number of ether oxygens (including phenoxy) is 1. The van der Waals surface area contributed by atoms with E-state index in [4.69, 9.17) is 11.5 Å². The first-order chi connectivity index (χ1) is 4.57. The van der Waals surface area contributed by atoms with E-state index in [0.29, 0.717) is 0 Å². The van der Waals surface area contributed by atoms with Crippen LogP contribution in [0.15, 0.2) is 0 Å². The Kier molecular flexibility index (Phi) is 3.42. The Bertz CT molecular complexity index is 146. The van der Waals surface area contributed by atoms with Crippen LogP contribution in [0.25, 0.3) is 0 Å². The third-order valence-electron chi connectivity index (χ3n) is 0.988. The zero-order valence-corrected chi connectivity index (χ0v) is 5.66. The molecule has 0 heterocycles. The van der Waals surface area contributed by atoms with Crippen molar-refractivity contribution in [3.8, 4) is 0 Å². The highest BCUT2D eigenvalue weighted by atomic mass is 16.5. The third-order valence-corrected chi connectivity index (χ3v) is 0.988. The van der Waals surface area contributed by atoms with Gasteiger partial charge in [-0.3, -0.25) is 9.59 Å². The van der Waals surface area contributed by atoms with Gasteiger partial charge >= 0.3 is 0 Å². The molecule has 4 N–H and O–H groups in total. The SMILES string of the molecule is COC(CC(N)=O)C(N)=O. The van der Waals surface area contributed by atoms with Crippen LogP contribution in [0, 0.1) is 0 Å². The molecule has 0 aromatic heterocycles. The van der Waals surface area contributed by atoms with Crippen molar-refractivity contribution in [1.82, 2.24) is 0 Å². The van der Waals surface area contributed by atoms with Crippen LogP contribution in [0.2, 0.25) is 0 Å². The van der Waals surface area contributed by atoms with Crippen LogP contribution in [0.5, 0.6) is 0 Å². The van der Waals surface area contributed by atoms with Gasteiger partial charge in [0.05, 0.1) is 6.42 Å². The summed E-state index contributed by atoms with van der Waals surface area (Å²) in [7, 11) is 1.29. The molecule has 2 amide bonds. The Morgan fingerprint density at radius 2 is 2.00 bits per heavy atom. The van der Waals surface area contributed by atoms with Gasteiger partial charge in [0.25, 0.3) is 0 Å².